The van der Waals surface area contributed by atoms with Crippen molar-refractivity contribution >= 4 is 20.3 Å². The maximum atomic E-state index is 13.1. The summed E-state index contributed by atoms with van der Waals surface area (Å²) in [5, 5.41) is -1.42. The second-order valence-electron chi connectivity index (χ2n) is 5.99. The maximum absolute atomic E-state index is 13.1. The smallest absolute Gasteiger partial charge is 0.263 e. The molecule has 0 unspecified atom stereocenters. The lowest BCUT2D eigenvalue weighted by molar-refractivity contribution is 0.0575. The van der Waals surface area contributed by atoms with Gasteiger partial charge in [-0.25, -0.2) is 4.90 Å². The molecule has 4 nitrogen and oxygen atoms in total. The fourth-order valence-corrected chi connectivity index (χ4v) is 4.17. The monoisotopic (exact) mass is 359 g/mol. The van der Waals surface area contributed by atoms with E-state index in [2.05, 4.69) is 0 Å². The van der Waals surface area contributed by atoms with Gasteiger partial charge in [0.25, 0.3) is 11.8 Å². The Morgan fingerprint density at radius 1 is 0.615 bits per heavy atom. The lowest BCUT2D eigenvalue weighted by Crippen LogP contribution is -2.46. The highest BCUT2D eigenvalue weighted by Gasteiger charge is 2.52. The van der Waals surface area contributed by atoms with Gasteiger partial charge in [-0.1, -0.05) is 72.8 Å². The Hall–Kier alpha value is -3.10. The minimum absolute atomic E-state index is 0.331. The van der Waals surface area contributed by atoms with Crippen LogP contribution in [0.4, 0.5) is 0 Å². The van der Waals surface area contributed by atoms with Crippen LogP contribution in [0.25, 0.3) is 0 Å². The number of rotatable bonds is 4. The Morgan fingerprint density at radius 2 is 1.00 bits per heavy atom. The number of carbonyl (C=O) groups is 2. The van der Waals surface area contributed by atoms with Gasteiger partial charge in [0.2, 0.25) is 0 Å². The molecular formula is C21H14NO3P. The number of fused-ring (bicyclic) bond motifs is 1. The predicted molar refractivity (Wildman–Crippen MR) is 98.2 cm³/mol. The second-order valence-corrected chi connectivity index (χ2v) is 6.82. The zero-order valence-corrected chi connectivity index (χ0v) is 14.6. The average Bonchev–Trinajstić information content (AvgIpc) is 2.97. The number of amides is 2. The predicted octanol–water partition coefficient (Wildman–Crippen LogP) is 4.48. The fourth-order valence-electron chi connectivity index (χ4n) is 3.40. The lowest BCUT2D eigenvalue weighted by atomic mass is 9.96. The molecule has 5 heteroatoms. The summed E-state index contributed by atoms with van der Waals surface area (Å²) >= 11 is 0. The Bertz CT molecular complexity index is 928. The summed E-state index contributed by atoms with van der Waals surface area (Å²) in [6.45, 7) is 0. The van der Waals surface area contributed by atoms with Crippen LogP contribution in [0.2, 0.25) is 0 Å². The van der Waals surface area contributed by atoms with Crippen molar-refractivity contribution in [3.63, 3.8) is 0 Å². The zero-order chi connectivity index (χ0) is 18.1. The van der Waals surface area contributed by atoms with Crippen molar-refractivity contribution in [3.8, 4) is 0 Å². The molecule has 0 bridgehead atoms. The summed E-state index contributed by atoms with van der Waals surface area (Å²) in [4.78, 5) is 27.4. The number of hydrogen-bond acceptors (Lipinski definition) is 3. The molecule has 3 aromatic carbocycles. The first-order valence-electron chi connectivity index (χ1n) is 8.13. The van der Waals surface area contributed by atoms with Crippen LogP contribution in [0.3, 0.4) is 0 Å². The third-order valence-corrected chi connectivity index (χ3v) is 5.58. The molecule has 0 saturated heterocycles. The van der Waals surface area contributed by atoms with E-state index in [0.29, 0.717) is 22.3 Å². The number of benzene rings is 3. The van der Waals surface area contributed by atoms with Gasteiger partial charge in [-0.15, -0.1) is 0 Å². The minimum atomic E-state index is -1.42. The van der Waals surface area contributed by atoms with E-state index in [1.54, 1.807) is 72.8 Å². The minimum Gasteiger partial charge on any atom is -0.272 e. The van der Waals surface area contributed by atoms with Crippen LogP contribution in [0.15, 0.2) is 84.9 Å². The normalized spacial score (nSPS) is 13.9. The van der Waals surface area contributed by atoms with E-state index in [0.717, 1.165) is 4.90 Å². The van der Waals surface area contributed by atoms with E-state index in [1.165, 1.54) is 0 Å². The Morgan fingerprint density at radius 3 is 1.38 bits per heavy atom. The third-order valence-electron chi connectivity index (χ3n) is 4.60. The van der Waals surface area contributed by atoms with Crippen molar-refractivity contribution in [1.29, 1.82) is 0 Å². The number of imide groups is 1. The van der Waals surface area contributed by atoms with Gasteiger partial charge in [-0.05, 0) is 23.3 Å². The molecule has 2 amide bonds. The molecule has 0 fully saturated rings. The lowest BCUT2D eigenvalue weighted by Gasteiger charge is -2.35. The van der Waals surface area contributed by atoms with E-state index in [4.69, 9.17) is 0 Å². The van der Waals surface area contributed by atoms with Crippen molar-refractivity contribution in [2.75, 3.05) is 0 Å². The number of hydrogen-bond donors (Lipinski definition) is 0. The van der Waals surface area contributed by atoms with Crippen molar-refractivity contribution in [3.05, 3.63) is 107 Å². The molecule has 0 saturated carbocycles. The molecule has 1 aliphatic rings. The fraction of sp³-hybridized carbons (Fsp3) is 0.0476. The second kappa shape index (κ2) is 6.32. The molecule has 3 aromatic rings. The quantitative estimate of drug-likeness (QED) is 0.510. The highest BCUT2D eigenvalue weighted by atomic mass is 31.1. The Labute approximate surface area is 152 Å². The van der Waals surface area contributed by atoms with Gasteiger partial charge in [-0.2, -0.15) is 0 Å². The summed E-state index contributed by atoms with van der Waals surface area (Å²) in [5.41, 5.74) is 1.88. The van der Waals surface area contributed by atoms with Crippen LogP contribution in [0.5, 0.6) is 0 Å². The van der Waals surface area contributed by atoms with Gasteiger partial charge in [-0.3, -0.25) is 14.2 Å². The van der Waals surface area contributed by atoms with E-state index in [9.17, 15) is 14.2 Å². The third kappa shape index (κ3) is 2.23. The van der Waals surface area contributed by atoms with Crippen molar-refractivity contribution in [1.82, 2.24) is 4.90 Å². The number of nitrogens with zero attached hydrogens (tertiary/aromatic N) is 1. The van der Waals surface area contributed by atoms with Gasteiger partial charge in [0.15, 0.2) is 13.7 Å². The van der Waals surface area contributed by atoms with Gasteiger partial charge < -0.3 is 0 Å². The van der Waals surface area contributed by atoms with Crippen molar-refractivity contribution in [2.45, 2.75) is 5.28 Å². The SMILES string of the molecule is O=PC(c1ccccc1)(c1ccccc1)N1C(=O)c2ccccc2C1=O. The first-order chi connectivity index (χ1) is 12.7. The average molecular weight is 359 g/mol. The standard InChI is InChI=1S/C21H14NO3P/c23-19-17-13-7-8-14-18(17)20(24)22(19)21(26-25,15-9-3-1-4-10-15)16-11-5-2-6-12-16/h1-14H. The zero-order valence-electron chi connectivity index (χ0n) is 13.7. The van der Waals surface area contributed by atoms with Crippen LogP contribution < -0.4 is 0 Å². The van der Waals surface area contributed by atoms with Crippen LogP contribution in [-0.4, -0.2) is 16.7 Å². The van der Waals surface area contributed by atoms with Crippen LogP contribution >= 0.6 is 8.46 Å². The maximum Gasteiger partial charge on any atom is 0.263 e. The van der Waals surface area contributed by atoms with Crippen LogP contribution in [-0.2, 0) is 9.85 Å². The molecule has 4 rings (SSSR count). The molecule has 0 spiro atoms. The van der Waals surface area contributed by atoms with Gasteiger partial charge >= 0.3 is 0 Å². The molecule has 0 radical (unpaired) electrons. The van der Waals surface area contributed by atoms with E-state index < -0.39 is 17.1 Å². The molecule has 0 N–H and O–H groups in total. The summed E-state index contributed by atoms with van der Waals surface area (Å²) in [5.74, 6) is -0.886. The molecule has 0 aromatic heterocycles. The summed E-state index contributed by atoms with van der Waals surface area (Å²) < 4.78 is 12.6. The van der Waals surface area contributed by atoms with E-state index in [-0.39, 0.29) is 8.46 Å². The van der Waals surface area contributed by atoms with Gasteiger partial charge in [0.05, 0.1) is 11.1 Å². The van der Waals surface area contributed by atoms with Gasteiger partial charge in [0, 0.05) is 0 Å². The summed E-state index contributed by atoms with van der Waals surface area (Å²) in [6.07, 6.45) is 0. The molecular weight excluding hydrogens is 345 g/mol. The Kier molecular flexibility index (Phi) is 3.98. The first kappa shape index (κ1) is 16.4. The molecule has 1 aliphatic heterocycles. The first-order valence-corrected chi connectivity index (χ1v) is 8.95. The van der Waals surface area contributed by atoms with Crippen molar-refractivity contribution < 1.29 is 14.2 Å². The molecule has 0 atom stereocenters. The van der Waals surface area contributed by atoms with Crippen LogP contribution in [0.1, 0.15) is 31.8 Å². The van der Waals surface area contributed by atoms with Crippen LogP contribution in [0, 0.1) is 0 Å². The van der Waals surface area contributed by atoms with E-state index in [1.807, 2.05) is 12.1 Å². The Balaban J connectivity index is 2.01. The largest absolute Gasteiger partial charge is 0.272 e. The molecule has 0 aliphatic carbocycles. The summed E-state index contributed by atoms with van der Waals surface area (Å²) in [7, 11) is -0.362. The highest BCUT2D eigenvalue weighted by Crippen LogP contribution is 2.48. The van der Waals surface area contributed by atoms with Crippen molar-refractivity contribution in [2.24, 2.45) is 0 Å². The summed E-state index contributed by atoms with van der Waals surface area (Å²) in [6, 6.07) is 24.7. The van der Waals surface area contributed by atoms with E-state index >= 15 is 0 Å². The topological polar surface area (TPSA) is 54.5 Å². The molecule has 1 heterocycles. The molecule has 26 heavy (non-hydrogen) atoms. The van der Waals surface area contributed by atoms with Gasteiger partial charge in [0.1, 0.15) is 0 Å². The number of carbonyl (C=O) groups excluding carboxylic acids is 2. The highest BCUT2D eigenvalue weighted by molar-refractivity contribution is 7.26. The molecule has 126 valence electrons.